The first-order valence-electron chi connectivity index (χ1n) is 7.73. The van der Waals surface area contributed by atoms with Crippen LogP contribution in [0.1, 0.15) is 44.4 Å². The summed E-state index contributed by atoms with van der Waals surface area (Å²) in [6.07, 6.45) is 5.69. The highest BCUT2D eigenvalue weighted by atomic mass is 32.1. The van der Waals surface area contributed by atoms with Gasteiger partial charge in [0, 0.05) is 37.1 Å². The van der Waals surface area contributed by atoms with Gasteiger partial charge in [0.1, 0.15) is 0 Å². The van der Waals surface area contributed by atoms with E-state index in [1.54, 1.807) is 0 Å². The molecule has 0 atom stereocenters. The van der Waals surface area contributed by atoms with Crippen molar-refractivity contribution >= 4 is 11.3 Å². The van der Waals surface area contributed by atoms with Gasteiger partial charge in [-0.2, -0.15) is 0 Å². The summed E-state index contributed by atoms with van der Waals surface area (Å²) in [5.41, 5.74) is 0. The second-order valence-electron chi connectivity index (χ2n) is 6.08. The fraction of sp³-hybridized carbons (Fsp3) is 0.750. The average molecular weight is 280 g/mol. The molecule has 1 aromatic rings. The second kappa shape index (κ2) is 8.03. The van der Waals surface area contributed by atoms with Crippen LogP contribution in [-0.2, 0) is 6.54 Å². The predicted octanol–water partition coefficient (Wildman–Crippen LogP) is 3.74. The number of nitrogens with zero attached hydrogens (tertiary/aromatic N) is 1. The number of thiophene rings is 1. The van der Waals surface area contributed by atoms with E-state index in [0.29, 0.717) is 0 Å². The van der Waals surface area contributed by atoms with E-state index < -0.39 is 0 Å². The number of nitrogens with one attached hydrogen (secondary N) is 1. The lowest BCUT2D eigenvalue weighted by molar-refractivity contribution is 0.177. The first-order chi connectivity index (χ1) is 9.25. The van der Waals surface area contributed by atoms with E-state index in [9.17, 15) is 0 Å². The van der Waals surface area contributed by atoms with Crippen LogP contribution in [0.25, 0.3) is 0 Å². The summed E-state index contributed by atoms with van der Waals surface area (Å²) < 4.78 is 0. The Labute approximate surface area is 122 Å². The van der Waals surface area contributed by atoms with Gasteiger partial charge in [-0.25, -0.2) is 0 Å². The van der Waals surface area contributed by atoms with Crippen LogP contribution in [0.5, 0.6) is 0 Å². The van der Waals surface area contributed by atoms with Crippen LogP contribution >= 0.6 is 11.3 Å². The van der Waals surface area contributed by atoms with E-state index in [0.717, 1.165) is 25.0 Å². The summed E-state index contributed by atoms with van der Waals surface area (Å²) in [6, 6.07) is 5.19. The van der Waals surface area contributed by atoms with E-state index in [4.69, 9.17) is 0 Å². The highest BCUT2D eigenvalue weighted by Crippen LogP contribution is 2.23. The Hall–Kier alpha value is -0.380. The lowest BCUT2D eigenvalue weighted by Gasteiger charge is -2.30. The van der Waals surface area contributed by atoms with Crippen molar-refractivity contribution in [2.75, 3.05) is 19.6 Å². The van der Waals surface area contributed by atoms with Crippen LogP contribution in [0.3, 0.4) is 0 Å². The lowest BCUT2D eigenvalue weighted by atomic mass is 10.1. The summed E-state index contributed by atoms with van der Waals surface area (Å²) in [5, 5.41) is 5.74. The van der Waals surface area contributed by atoms with Crippen molar-refractivity contribution in [3.8, 4) is 0 Å². The molecule has 1 fully saturated rings. The van der Waals surface area contributed by atoms with Gasteiger partial charge in [0.15, 0.2) is 0 Å². The zero-order chi connectivity index (χ0) is 13.5. The predicted molar refractivity (Wildman–Crippen MR) is 84.7 cm³/mol. The molecule has 1 aromatic heterocycles. The minimum Gasteiger partial charge on any atom is -0.311 e. The van der Waals surface area contributed by atoms with Gasteiger partial charge in [-0.05, 0) is 30.2 Å². The largest absolute Gasteiger partial charge is 0.311 e. The fourth-order valence-electron chi connectivity index (χ4n) is 3.01. The molecule has 0 amide bonds. The van der Waals surface area contributed by atoms with Gasteiger partial charge >= 0.3 is 0 Å². The highest BCUT2D eigenvalue weighted by Gasteiger charge is 2.22. The van der Waals surface area contributed by atoms with Crippen LogP contribution in [0.4, 0.5) is 0 Å². The third kappa shape index (κ3) is 5.25. The minimum absolute atomic E-state index is 0.776. The summed E-state index contributed by atoms with van der Waals surface area (Å²) in [5.74, 6) is 0.776. The monoisotopic (exact) mass is 280 g/mol. The van der Waals surface area contributed by atoms with Gasteiger partial charge < -0.3 is 5.32 Å². The summed E-state index contributed by atoms with van der Waals surface area (Å²) in [4.78, 5) is 4.16. The highest BCUT2D eigenvalue weighted by molar-refractivity contribution is 7.09. The van der Waals surface area contributed by atoms with Gasteiger partial charge in [-0.1, -0.05) is 32.8 Å². The van der Waals surface area contributed by atoms with Crippen molar-refractivity contribution in [3.05, 3.63) is 22.4 Å². The van der Waals surface area contributed by atoms with Crippen LogP contribution in [0.2, 0.25) is 0 Å². The Morgan fingerprint density at radius 3 is 2.79 bits per heavy atom. The molecule has 0 aromatic carbocycles. The van der Waals surface area contributed by atoms with Gasteiger partial charge in [0.25, 0.3) is 0 Å². The van der Waals surface area contributed by atoms with E-state index in [1.807, 2.05) is 11.3 Å². The molecule has 2 rings (SSSR count). The first-order valence-corrected chi connectivity index (χ1v) is 8.61. The number of hydrogen-bond donors (Lipinski definition) is 1. The van der Waals surface area contributed by atoms with Gasteiger partial charge in [-0.3, -0.25) is 4.90 Å². The summed E-state index contributed by atoms with van der Waals surface area (Å²) in [6.45, 7) is 9.26. The molecule has 1 aliphatic rings. The Kier molecular flexibility index (Phi) is 6.35. The maximum absolute atomic E-state index is 3.58. The average Bonchev–Trinajstić information content (AvgIpc) is 3.04. The lowest BCUT2D eigenvalue weighted by Crippen LogP contribution is -2.40. The van der Waals surface area contributed by atoms with Crippen molar-refractivity contribution in [2.24, 2.45) is 5.92 Å². The number of hydrogen-bond acceptors (Lipinski definition) is 3. The second-order valence-corrected chi connectivity index (χ2v) is 7.12. The van der Waals surface area contributed by atoms with Crippen molar-refractivity contribution < 1.29 is 0 Å². The maximum atomic E-state index is 3.58. The zero-order valence-electron chi connectivity index (χ0n) is 12.4. The summed E-state index contributed by atoms with van der Waals surface area (Å²) in [7, 11) is 0. The Bertz CT molecular complexity index is 329. The molecule has 0 bridgehead atoms. The van der Waals surface area contributed by atoms with E-state index in [-0.39, 0.29) is 0 Å². The SMILES string of the molecule is CC(C)CN(CCNCc1cccs1)C1CCCC1. The molecule has 1 saturated carbocycles. The third-order valence-corrected chi connectivity index (χ3v) is 4.77. The molecule has 3 heteroatoms. The Morgan fingerprint density at radius 2 is 2.16 bits per heavy atom. The smallest absolute Gasteiger partial charge is 0.0300 e. The molecule has 1 heterocycles. The first kappa shape index (κ1) is 15.0. The molecule has 108 valence electrons. The molecule has 0 saturated heterocycles. The van der Waals surface area contributed by atoms with E-state index >= 15 is 0 Å². The molecule has 1 aliphatic carbocycles. The molecule has 0 spiro atoms. The van der Waals surface area contributed by atoms with Crippen LogP contribution in [-0.4, -0.2) is 30.6 Å². The van der Waals surface area contributed by atoms with Crippen molar-refractivity contribution in [1.29, 1.82) is 0 Å². The molecule has 1 N–H and O–H groups in total. The molecule has 2 nitrogen and oxygen atoms in total. The molecule has 0 aliphatic heterocycles. The zero-order valence-corrected chi connectivity index (χ0v) is 13.2. The molecule has 0 unspecified atom stereocenters. The molecular formula is C16H28N2S. The van der Waals surface area contributed by atoms with Gasteiger partial charge in [-0.15, -0.1) is 11.3 Å². The third-order valence-electron chi connectivity index (χ3n) is 3.90. The van der Waals surface area contributed by atoms with Crippen LogP contribution in [0.15, 0.2) is 17.5 Å². The van der Waals surface area contributed by atoms with Crippen molar-refractivity contribution in [2.45, 2.75) is 52.1 Å². The Balaban J connectivity index is 1.69. The fourth-order valence-corrected chi connectivity index (χ4v) is 3.68. The normalized spacial score (nSPS) is 16.8. The standard InChI is InChI=1S/C16H28N2S/c1-14(2)13-18(15-6-3-4-7-15)10-9-17-12-16-8-5-11-19-16/h5,8,11,14-15,17H,3-4,6-7,9-10,12-13H2,1-2H3. The van der Waals surface area contributed by atoms with Crippen molar-refractivity contribution in [3.63, 3.8) is 0 Å². The molecule has 19 heavy (non-hydrogen) atoms. The van der Waals surface area contributed by atoms with E-state index in [1.165, 1.54) is 43.6 Å². The van der Waals surface area contributed by atoms with Crippen LogP contribution < -0.4 is 5.32 Å². The number of rotatable bonds is 8. The van der Waals surface area contributed by atoms with Gasteiger partial charge in [0.2, 0.25) is 0 Å². The quantitative estimate of drug-likeness (QED) is 0.730. The maximum Gasteiger partial charge on any atom is 0.0300 e. The van der Waals surface area contributed by atoms with E-state index in [2.05, 4.69) is 41.6 Å². The van der Waals surface area contributed by atoms with Gasteiger partial charge in [0.05, 0.1) is 0 Å². The minimum atomic E-state index is 0.776. The molecular weight excluding hydrogens is 252 g/mol. The summed E-state index contributed by atoms with van der Waals surface area (Å²) >= 11 is 1.84. The molecule has 0 radical (unpaired) electrons. The van der Waals surface area contributed by atoms with Crippen LogP contribution in [0, 0.1) is 5.92 Å². The topological polar surface area (TPSA) is 15.3 Å². The van der Waals surface area contributed by atoms with Crippen molar-refractivity contribution in [1.82, 2.24) is 10.2 Å². The Morgan fingerprint density at radius 1 is 1.37 bits per heavy atom.